The Hall–Kier alpha value is -1.95. The van der Waals surface area contributed by atoms with E-state index >= 15 is 0 Å². The highest BCUT2D eigenvalue weighted by Gasteiger charge is 2.26. The summed E-state index contributed by atoms with van der Waals surface area (Å²) in [6, 6.07) is 10.1. The second kappa shape index (κ2) is 8.42. The van der Waals surface area contributed by atoms with Gasteiger partial charge in [0.25, 0.3) is 0 Å². The molecule has 1 amide bonds. The van der Waals surface area contributed by atoms with Crippen LogP contribution >= 0.6 is 22.9 Å². The zero-order valence-electron chi connectivity index (χ0n) is 17.0. The van der Waals surface area contributed by atoms with Gasteiger partial charge in [0.15, 0.2) is 5.13 Å². The third-order valence-electron chi connectivity index (χ3n) is 5.61. The van der Waals surface area contributed by atoms with Crippen LogP contribution in [0.25, 0.3) is 10.2 Å². The molecule has 4 nitrogen and oxygen atoms in total. The van der Waals surface area contributed by atoms with Crippen molar-refractivity contribution in [1.29, 1.82) is 0 Å². The van der Waals surface area contributed by atoms with Gasteiger partial charge in [-0.05, 0) is 68.0 Å². The van der Waals surface area contributed by atoms with Crippen molar-refractivity contribution in [3.63, 3.8) is 0 Å². The maximum Gasteiger partial charge on any atom is 0.233 e. The van der Waals surface area contributed by atoms with Gasteiger partial charge in [0, 0.05) is 11.6 Å². The van der Waals surface area contributed by atoms with Gasteiger partial charge < -0.3 is 4.74 Å². The third-order valence-corrected chi connectivity index (χ3v) is 7.06. The quantitative estimate of drug-likeness (QED) is 0.528. The molecule has 1 saturated heterocycles. The number of hydrogen-bond donors (Lipinski definition) is 0. The molecule has 1 aliphatic rings. The maximum absolute atomic E-state index is 13.3. The molecular formula is C23H25ClN2O2S. The number of carbonyl (C=O) groups is 1. The SMILES string of the molecule is Cc1ccc(CC(=O)N(CC2CCCO2)c2nc3c(C)c(Cl)ccc3s2)cc1C. The maximum atomic E-state index is 13.3. The van der Waals surface area contributed by atoms with Crippen molar-refractivity contribution in [1.82, 2.24) is 4.98 Å². The molecule has 0 spiro atoms. The van der Waals surface area contributed by atoms with Gasteiger partial charge in [-0.2, -0.15) is 0 Å². The van der Waals surface area contributed by atoms with Gasteiger partial charge in [-0.25, -0.2) is 4.98 Å². The Kier molecular flexibility index (Phi) is 5.91. The number of amides is 1. The van der Waals surface area contributed by atoms with Crippen LogP contribution in [0.5, 0.6) is 0 Å². The molecule has 0 radical (unpaired) electrons. The van der Waals surface area contributed by atoms with Crippen LogP contribution in [0.1, 0.15) is 35.1 Å². The normalized spacial score (nSPS) is 16.5. The van der Waals surface area contributed by atoms with E-state index in [0.717, 1.165) is 45.9 Å². The molecular weight excluding hydrogens is 404 g/mol. The molecule has 152 valence electrons. The molecule has 1 unspecified atom stereocenters. The number of anilines is 1. The first kappa shape index (κ1) is 20.3. The fraction of sp³-hybridized carbons (Fsp3) is 0.391. The fourth-order valence-corrected chi connectivity index (χ4v) is 4.87. The standard InChI is InChI=1S/C23H25ClN2O2S/c1-14-6-7-17(11-15(14)2)12-21(27)26(13-18-5-4-10-28-18)23-25-22-16(3)19(24)8-9-20(22)29-23/h6-9,11,18H,4-5,10,12-13H2,1-3H3. The number of carbonyl (C=O) groups excluding carboxylic acids is 1. The Bertz CT molecular complexity index is 1060. The monoisotopic (exact) mass is 428 g/mol. The molecule has 6 heteroatoms. The minimum Gasteiger partial charge on any atom is -0.376 e. The number of fused-ring (bicyclic) bond motifs is 1. The number of rotatable bonds is 5. The minimum absolute atomic E-state index is 0.0477. The van der Waals surface area contributed by atoms with E-state index in [0.29, 0.717) is 18.0 Å². The number of halogens is 1. The van der Waals surface area contributed by atoms with Gasteiger partial charge in [-0.3, -0.25) is 9.69 Å². The molecule has 0 N–H and O–H groups in total. The Morgan fingerprint density at radius 3 is 2.79 bits per heavy atom. The van der Waals surface area contributed by atoms with Crippen LogP contribution in [0.4, 0.5) is 5.13 Å². The van der Waals surface area contributed by atoms with Crippen molar-refractivity contribution in [2.75, 3.05) is 18.1 Å². The highest BCUT2D eigenvalue weighted by atomic mass is 35.5. The second-order valence-electron chi connectivity index (χ2n) is 7.75. The molecule has 1 fully saturated rings. The molecule has 0 aliphatic carbocycles. The summed E-state index contributed by atoms with van der Waals surface area (Å²) in [5, 5.41) is 1.41. The molecule has 0 bridgehead atoms. The van der Waals surface area contributed by atoms with Crippen LogP contribution < -0.4 is 4.90 Å². The van der Waals surface area contributed by atoms with E-state index in [2.05, 4.69) is 26.0 Å². The van der Waals surface area contributed by atoms with E-state index < -0.39 is 0 Å². The zero-order valence-corrected chi connectivity index (χ0v) is 18.6. The lowest BCUT2D eigenvalue weighted by atomic mass is 10.0. The first-order valence-electron chi connectivity index (χ1n) is 9.96. The topological polar surface area (TPSA) is 42.4 Å². The van der Waals surface area contributed by atoms with Crippen molar-refractivity contribution in [3.05, 3.63) is 57.6 Å². The summed E-state index contributed by atoms with van der Waals surface area (Å²) < 4.78 is 6.86. The smallest absolute Gasteiger partial charge is 0.233 e. The van der Waals surface area contributed by atoms with Gasteiger partial charge in [0.2, 0.25) is 5.91 Å². The zero-order chi connectivity index (χ0) is 20.5. The molecule has 29 heavy (non-hydrogen) atoms. The van der Waals surface area contributed by atoms with Gasteiger partial charge in [0.05, 0.1) is 29.3 Å². The van der Waals surface area contributed by atoms with E-state index in [1.807, 2.05) is 30.0 Å². The van der Waals surface area contributed by atoms with Gasteiger partial charge in [-0.1, -0.05) is 41.1 Å². The molecule has 1 atom stereocenters. The predicted molar refractivity (Wildman–Crippen MR) is 120 cm³/mol. The highest BCUT2D eigenvalue weighted by molar-refractivity contribution is 7.22. The van der Waals surface area contributed by atoms with Gasteiger partial charge >= 0.3 is 0 Å². The lowest BCUT2D eigenvalue weighted by molar-refractivity contribution is -0.118. The summed E-state index contributed by atoms with van der Waals surface area (Å²) in [5.41, 5.74) is 5.28. The van der Waals surface area contributed by atoms with E-state index in [9.17, 15) is 4.79 Å². The predicted octanol–water partition coefficient (Wildman–Crippen LogP) is 5.63. The number of aromatic nitrogens is 1. The molecule has 2 heterocycles. The number of ether oxygens (including phenoxy) is 1. The summed E-state index contributed by atoms with van der Waals surface area (Å²) in [6.07, 6.45) is 2.43. The second-order valence-corrected chi connectivity index (χ2v) is 9.17. The van der Waals surface area contributed by atoms with E-state index in [1.54, 1.807) is 0 Å². The number of benzene rings is 2. The van der Waals surface area contributed by atoms with Crippen molar-refractivity contribution >= 4 is 44.2 Å². The van der Waals surface area contributed by atoms with Crippen LogP contribution in [0.15, 0.2) is 30.3 Å². The van der Waals surface area contributed by atoms with E-state index in [4.69, 9.17) is 21.3 Å². The van der Waals surface area contributed by atoms with Gasteiger partial charge in [-0.15, -0.1) is 0 Å². The largest absolute Gasteiger partial charge is 0.376 e. The van der Waals surface area contributed by atoms with Crippen LogP contribution in [-0.4, -0.2) is 30.1 Å². The average Bonchev–Trinajstić information content (AvgIpc) is 3.35. The fourth-order valence-electron chi connectivity index (χ4n) is 3.67. The van der Waals surface area contributed by atoms with Crippen molar-refractivity contribution < 1.29 is 9.53 Å². The van der Waals surface area contributed by atoms with E-state index in [-0.39, 0.29) is 12.0 Å². The highest BCUT2D eigenvalue weighted by Crippen LogP contribution is 2.34. The lowest BCUT2D eigenvalue weighted by Crippen LogP contribution is -2.38. The Morgan fingerprint density at radius 2 is 2.07 bits per heavy atom. The Morgan fingerprint density at radius 1 is 1.24 bits per heavy atom. The van der Waals surface area contributed by atoms with Gasteiger partial charge in [0.1, 0.15) is 0 Å². The minimum atomic E-state index is 0.0477. The summed E-state index contributed by atoms with van der Waals surface area (Å²) in [4.78, 5) is 19.9. The van der Waals surface area contributed by atoms with Crippen LogP contribution in [0, 0.1) is 20.8 Å². The molecule has 3 aromatic rings. The molecule has 1 aromatic heterocycles. The van der Waals surface area contributed by atoms with E-state index in [1.165, 1.54) is 22.5 Å². The lowest BCUT2D eigenvalue weighted by Gasteiger charge is -2.23. The number of nitrogens with zero attached hydrogens (tertiary/aromatic N) is 2. The Labute approximate surface area is 180 Å². The average molecular weight is 429 g/mol. The molecule has 2 aromatic carbocycles. The van der Waals surface area contributed by atoms with Crippen LogP contribution in [-0.2, 0) is 16.0 Å². The number of aryl methyl sites for hydroxylation is 3. The molecule has 4 rings (SSSR count). The van der Waals surface area contributed by atoms with Crippen molar-refractivity contribution in [3.8, 4) is 0 Å². The first-order chi connectivity index (χ1) is 13.9. The van der Waals surface area contributed by atoms with Crippen LogP contribution in [0.2, 0.25) is 5.02 Å². The first-order valence-corrected chi connectivity index (χ1v) is 11.2. The third kappa shape index (κ3) is 4.32. The summed E-state index contributed by atoms with van der Waals surface area (Å²) in [7, 11) is 0. The molecule has 0 saturated carbocycles. The van der Waals surface area contributed by atoms with Crippen LogP contribution in [0.3, 0.4) is 0 Å². The molecule has 1 aliphatic heterocycles. The Balaban J connectivity index is 1.66. The number of hydrogen-bond acceptors (Lipinski definition) is 4. The summed E-state index contributed by atoms with van der Waals surface area (Å²) >= 11 is 7.81. The summed E-state index contributed by atoms with van der Waals surface area (Å²) in [5.74, 6) is 0.0477. The van der Waals surface area contributed by atoms with Crippen molar-refractivity contribution in [2.24, 2.45) is 0 Å². The van der Waals surface area contributed by atoms with Crippen molar-refractivity contribution in [2.45, 2.75) is 46.1 Å². The summed E-state index contributed by atoms with van der Waals surface area (Å²) in [6.45, 7) is 7.43. The number of thiazole rings is 1.